The Hall–Kier alpha value is -0.390. The molecule has 0 spiro atoms. The van der Waals surface area contributed by atoms with Crippen molar-refractivity contribution in [3.63, 3.8) is 0 Å². The molecule has 1 nitrogen and oxygen atoms in total. The summed E-state index contributed by atoms with van der Waals surface area (Å²) in [5, 5.41) is 5.85. The molecule has 0 bridgehead atoms. The lowest BCUT2D eigenvalue weighted by Gasteiger charge is -2.24. The highest BCUT2D eigenvalue weighted by molar-refractivity contribution is 14.1. The van der Waals surface area contributed by atoms with Gasteiger partial charge in [0.05, 0.1) is 0 Å². The molecule has 0 amide bonds. The maximum atomic E-state index is 3.63. The molecule has 0 fully saturated rings. The van der Waals surface area contributed by atoms with E-state index in [1.807, 2.05) is 11.3 Å². The van der Waals surface area contributed by atoms with Crippen molar-refractivity contribution in [2.24, 2.45) is 0 Å². The van der Waals surface area contributed by atoms with Crippen LogP contribution in [0.5, 0.6) is 0 Å². The van der Waals surface area contributed by atoms with Gasteiger partial charge in [0.25, 0.3) is 0 Å². The Morgan fingerprint density at radius 3 is 2.88 bits per heavy atom. The van der Waals surface area contributed by atoms with Crippen molar-refractivity contribution in [2.75, 3.05) is 6.54 Å². The maximum absolute atomic E-state index is 3.63. The highest BCUT2D eigenvalue weighted by Gasteiger charge is 2.20. The molecular weight excluding hydrogens is 341 g/mol. The molecule has 1 aromatic carbocycles. The van der Waals surface area contributed by atoms with Crippen LogP contribution in [0.25, 0.3) is 0 Å². The molecule has 0 saturated heterocycles. The molecule has 0 aliphatic carbocycles. The molecule has 88 valence electrons. The van der Waals surface area contributed by atoms with E-state index in [2.05, 4.69) is 63.6 Å². The van der Waals surface area contributed by atoms with Crippen molar-refractivity contribution >= 4 is 33.9 Å². The second-order valence-corrected chi connectivity index (χ2v) is 6.59. The van der Waals surface area contributed by atoms with Crippen LogP contribution < -0.4 is 5.32 Å². The number of benzene rings is 1. The predicted molar refractivity (Wildman–Crippen MR) is 81.6 cm³/mol. The summed E-state index contributed by atoms with van der Waals surface area (Å²) in [5.74, 6) is 0. The highest BCUT2D eigenvalue weighted by Crippen LogP contribution is 2.30. The molecule has 17 heavy (non-hydrogen) atoms. The first-order chi connectivity index (χ1) is 8.33. The Bertz CT molecular complexity index is 503. The summed E-state index contributed by atoms with van der Waals surface area (Å²) in [5.41, 5.74) is 2.97. The minimum Gasteiger partial charge on any atom is -0.309 e. The molecule has 0 saturated carbocycles. The Kier molecular flexibility index (Phi) is 3.49. The zero-order chi connectivity index (χ0) is 11.7. The fraction of sp³-hybridized carbons (Fsp3) is 0.286. The van der Waals surface area contributed by atoms with Crippen LogP contribution in [0.2, 0.25) is 0 Å². The minimum atomic E-state index is 0.513. The number of hydrogen-bond donors (Lipinski definition) is 1. The van der Waals surface area contributed by atoms with Gasteiger partial charge in [-0.25, -0.2) is 0 Å². The van der Waals surface area contributed by atoms with E-state index in [1.54, 1.807) is 5.56 Å². The average Bonchev–Trinajstić information content (AvgIpc) is 2.81. The van der Waals surface area contributed by atoms with Gasteiger partial charge >= 0.3 is 0 Å². The molecule has 1 N–H and O–H groups in total. The van der Waals surface area contributed by atoms with E-state index in [-0.39, 0.29) is 0 Å². The zero-order valence-corrected chi connectivity index (χ0v) is 12.4. The van der Waals surface area contributed by atoms with Gasteiger partial charge < -0.3 is 5.32 Å². The molecule has 2 heterocycles. The van der Waals surface area contributed by atoms with Crippen LogP contribution in [0.1, 0.15) is 22.0 Å². The molecule has 1 aromatic heterocycles. The number of halogens is 1. The average molecular weight is 355 g/mol. The van der Waals surface area contributed by atoms with Crippen molar-refractivity contribution in [3.8, 4) is 0 Å². The number of thiophene rings is 1. The SMILES string of the molecule is Ic1ccc(C[C@H]2NCCc3ccsc32)cc1. The summed E-state index contributed by atoms with van der Waals surface area (Å²) in [6, 6.07) is 11.7. The number of hydrogen-bond acceptors (Lipinski definition) is 2. The lowest BCUT2D eigenvalue weighted by atomic mass is 9.98. The van der Waals surface area contributed by atoms with Crippen molar-refractivity contribution < 1.29 is 0 Å². The smallest absolute Gasteiger partial charge is 0.0458 e. The van der Waals surface area contributed by atoms with E-state index < -0.39 is 0 Å². The third-order valence-corrected chi connectivity index (χ3v) is 5.03. The van der Waals surface area contributed by atoms with Crippen LogP contribution in [0, 0.1) is 3.57 Å². The molecule has 0 unspecified atom stereocenters. The summed E-state index contributed by atoms with van der Waals surface area (Å²) >= 11 is 4.24. The largest absolute Gasteiger partial charge is 0.309 e. The third-order valence-electron chi connectivity index (χ3n) is 3.24. The molecule has 2 aromatic rings. The Morgan fingerprint density at radius 1 is 1.24 bits per heavy atom. The number of fused-ring (bicyclic) bond motifs is 1. The van der Waals surface area contributed by atoms with Crippen LogP contribution in [0.3, 0.4) is 0 Å². The zero-order valence-electron chi connectivity index (χ0n) is 9.45. The molecule has 1 aliphatic heterocycles. The first-order valence-electron chi connectivity index (χ1n) is 5.87. The van der Waals surface area contributed by atoms with Crippen molar-refractivity contribution in [3.05, 3.63) is 55.3 Å². The van der Waals surface area contributed by atoms with E-state index in [9.17, 15) is 0 Å². The van der Waals surface area contributed by atoms with Gasteiger partial charge in [0, 0.05) is 14.5 Å². The van der Waals surface area contributed by atoms with Gasteiger partial charge in [0.15, 0.2) is 0 Å². The molecule has 1 atom stereocenters. The Morgan fingerprint density at radius 2 is 2.06 bits per heavy atom. The minimum absolute atomic E-state index is 0.513. The van der Waals surface area contributed by atoms with Crippen LogP contribution in [0.15, 0.2) is 35.7 Å². The van der Waals surface area contributed by atoms with Crippen molar-refractivity contribution in [1.29, 1.82) is 0 Å². The standard InChI is InChI=1S/C14H14INS/c15-12-3-1-10(2-4-12)9-13-14-11(5-7-16-13)6-8-17-14/h1-4,6,8,13,16H,5,7,9H2/t13-/m1/s1. The predicted octanol–water partition coefficient (Wildman–Crippen LogP) is 3.78. The highest BCUT2D eigenvalue weighted by atomic mass is 127. The van der Waals surface area contributed by atoms with Crippen LogP contribution in [0.4, 0.5) is 0 Å². The van der Waals surface area contributed by atoms with Gasteiger partial charge in [-0.1, -0.05) is 12.1 Å². The summed E-state index contributed by atoms with van der Waals surface area (Å²) < 4.78 is 1.31. The number of nitrogens with one attached hydrogen (secondary N) is 1. The van der Waals surface area contributed by atoms with Gasteiger partial charge in [0.1, 0.15) is 0 Å². The normalized spacial score (nSPS) is 19.0. The van der Waals surface area contributed by atoms with Gasteiger partial charge in [-0.05, 0) is 76.7 Å². The van der Waals surface area contributed by atoms with Gasteiger partial charge in [-0.15, -0.1) is 11.3 Å². The lowest BCUT2D eigenvalue weighted by Crippen LogP contribution is -2.29. The summed E-state index contributed by atoms with van der Waals surface area (Å²) in [6.07, 6.45) is 2.28. The third kappa shape index (κ3) is 2.56. The van der Waals surface area contributed by atoms with E-state index >= 15 is 0 Å². The van der Waals surface area contributed by atoms with Crippen LogP contribution >= 0.6 is 33.9 Å². The summed E-state index contributed by atoms with van der Waals surface area (Å²) in [6.45, 7) is 1.11. The molecule has 3 heteroatoms. The Balaban J connectivity index is 1.81. The fourth-order valence-corrected chi connectivity index (χ4v) is 3.75. The van der Waals surface area contributed by atoms with Crippen LogP contribution in [-0.2, 0) is 12.8 Å². The Labute approximate surface area is 119 Å². The van der Waals surface area contributed by atoms with Crippen molar-refractivity contribution in [1.82, 2.24) is 5.32 Å². The number of rotatable bonds is 2. The van der Waals surface area contributed by atoms with E-state index in [0.717, 1.165) is 13.0 Å². The summed E-state index contributed by atoms with van der Waals surface area (Å²) in [7, 11) is 0. The topological polar surface area (TPSA) is 12.0 Å². The van der Waals surface area contributed by atoms with Gasteiger partial charge in [0.2, 0.25) is 0 Å². The fourth-order valence-electron chi connectivity index (χ4n) is 2.35. The first-order valence-corrected chi connectivity index (χ1v) is 7.83. The quantitative estimate of drug-likeness (QED) is 0.809. The van der Waals surface area contributed by atoms with E-state index in [1.165, 1.54) is 20.4 Å². The lowest BCUT2D eigenvalue weighted by molar-refractivity contribution is 0.512. The first kappa shape index (κ1) is 11.7. The van der Waals surface area contributed by atoms with Gasteiger partial charge in [-0.3, -0.25) is 0 Å². The van der Waals surface area contributed by atoms with Gasteiger partial charge in [-0.2, -0.15) is 0 Å². The second kappa shape index (κ2) is 5.08. The molecule has 0 radical (unpaired) electrons. The van der Waals surface area contributed by atoms with E-state index in [4.69, 9.17) is 0 Å². The van der Waals surface area contributed by atoms with Crippen molar-refractivity contribution in [2.45, 2.75) is 18.9 Å². The van der Waals surface area contributed by atoms with E-state index in [0.29, 0.717) is 6.04 Å². The monoisotopic (exact) mass is 355 g/mol. The maximum Gasteiger partial charge on any atom is 0.0458 e. The second-order valence-electron chi connectivity index (χ2n) is 4.40. The summed E-state index contributed by atoms with van der Waals surface area (Å²) in [4.78, 5) is 1.54. The molecule has 1 aliphatic rings. The molecule has 3 rings (SSSR count). The van der Waals surface area contributed by atoms with Crippen LogP contribution in [-0.4, -0.2) is 6.54 Å². The molecular formula is C14H14INS.